The maximum Gasteiger partial charge on any atom is 0.123 e. The fraction of sp³-hybridized carbons (Fsp3) is 0.294. The molecule has 106 valence electrons. The van der Waals surface area contributed by atoms with Crippen LogP contribution in [0.2, 0.25) is 0 Å². The van der Waals surface area contributed by atoms with Crippen molar-refractivity contribution in [2.75, 3.05) is 6.26 Å². The molecule has 0 aromatic heterocycles. The first-order valence-corrected chi connectivity index (χ1v) is 7.98. The van der Waals surface area contributed by atoms with Crippen molar-refractivity contribution in [3.05, 3.63) is 65.5 Å². The van der Waals surface area contributed by atoms with Crippen molar-refractivity contribution in [2.45, 2.75) is 30.8 Å². The summed E-state index contributed by atoms with van der Waals surface area (Å²) in [5, 5.41) is 3.50. The lowest BCUT2D eigenvalue weighted by atomic mass is 10.0. The normalized spacial score (nSPS) is 14.0. The van der Waals surface area contributed by atoms with E-state index in [4.69, 9.17) is 0 Å². The summed E-state index contributed by atoms with van der Waals surface area (Å²) in [5.41, 5.74) is 2.21. The highest BCUT2D eigenvalue weighted by Gasteiger charge is 2.11. The topological polar surface area (TPSA) is 12.0 Å². The molecule has 0 aliphatic carbocycles. The average molecular weight is 289 g/mol. The molecule has 2 atom stereocenters. The van der Waals surface area contributed by atoms with Crippen LogP contribution in [0.5, 0.6) is 0 Å². The number of benzene rings is 2. The number of halogens is 1. The van der Waals surface area contributed by atoms with Crippen LogP contribution in [0.4, 0.5) is 4.39 Å². The lowest BCUT2D eigenvalue weighted by molar-refractivity contribution is 0.492. The summed E-state index contributed by atoms with van der Waals surface area (Å²) in [6, 6.07) is 15.6. The van der Waals surface area contributed by atoms with Crippen LogP contribution in [-0.4, -0.2) is 6.26 Å². The summed E-state index contributed by atoms with van der Waals surface area (Å²) in [6.07, 6.45) is 2.07. The van der Waals surface area contributed by atoms with Gasteiger partial charge >= 0.3 is 0 Å². The van der Waals surface area contributed by atoms with Crippen molar-refractivity contribution >= 4 is 11.8 Å². The predicted octanol–water partition coefficient (Wildman–Crippen LogP) is 4.96. The van der Waals surface area contributed by atoms with E-state index in [0.29, 0.717) is 0 Å². The second-order valence-electron chi connectivity index (χ2n) is 4.94. The Hall–Kier alpha value is -1.32. The summed E-state index contributed by atoms with van der Waals surface area (Å²) in [6.45, 7) is 4.19. The summed E-state index contributed by atoms with van der Waals surface area (Å²) in [7, 11) is 0. The number of thioether (sulfide) groups is 1. The molecule has 1 N–H and O–H groups in total. The van der Waals surface area contributed by atoms with Gasteiger partial charge in [-0.1, -0.05) is 24.3 Å². The predicted molar refractivity (Wildman–Crippen MR) is 84.6 cm³/mol. The fourth-order valence-electron chi connectivity index (χ4n) is 2.24. The van der Waals surface area contributed by atoms with E-state index < -0.39 is 0 Å². The second kappa shape index (κ2) is 6.91. The first-order valence-electron chi connectivity index (χ1n) is 6.75. The minimum absolute atomic E-state index is 0.112. The van der Waals surface area contributed by atoms with Gasteiger partial charge in [-0.2, -0.15) is 0 Å². The molecular formula is C17H20FNS. The van der Waals surface area contributed by atoms with Gasteiger partial charge in [0.15, 0.2) is 0 Å². The maximum atomic E-state index is 13.2. The Morgan fingerprint density at radius 1 is 0.950 bits per heavy atom. The lowest BCUT2D eigenvalue weighted by Crippen LogP contribution is -2.22. The van der Waals surface area contributed by atoms with E-state index in [1.165, 1.54) is 16.5 Å². The van der Waals surface area contributed by atoms with E-state index in [0.717, 1.165) is 5.56 Å². The van der Waals surface area contributed by atoms with E-state index in [1.54, 1.807) is 23.9 Å². The van der Waals surface area contributed by atoms with Crippen LogP contribution < -0.4 is 5.32 Å². The molecule has 0 saturated heterocycles. The van der Waals surface area contributed by atoms with Crippen LogP contribution in [0.25, 0.3) is 0 Å². The van der Waals surface area contributed by atoms with Gasteiger partial charge in [-0.25, -0.2) is 4.39 Å². The zero-order valence-corrected chi connectivity index (χ0v) is 12.9. The first-order chi connectivity index (χ1) is 9.60. The molecule has 0 aliphatic rings. The van der Waals surface area contributed by atoms with Crippen molar-refractivity contribution < 1.29 is 4.39 Å². The lowest BCUT2D eigenvalue weighted by Gasteiger charge is -2.21. The Bertz CT molecular complexity index is 553. The largest absolute Gasteiger partial charge is 0.304 e. The van der Waals surface area contributed by atoms with Crippen LogP contribution >= 0.6 is 11.8 Å². The van der Waals surface area contributed by atoms with Gasteiger partial charge in [-0.15, -0.1) is 11.8 Å². The summed E-state index contributed by atoms with van der Waals surface area (Å²) >= 11 is 1.74. The summed E-state index contributed by atoms with van der Waals surface area (Å²) in [4.78, 5) is 1.26. The Kier molecular flexibility index (Phi) is 5.21. The van der Waals surface area contributed by atoms with Gasteiger partial charge in [0.1, 0.15) is 5.82 Å². The average Bonchev–Trinajstić information content (AvgIpc) is 2.47. The van der Waals surface area contributed by atoms with E-state index in [9.17, 15) is 4.39 Å². The Morgan fingerprint density at radius 2 is 1.60 bits per heavy atom. The third-order valence-electron chi connectivity index (χ3n) is 3.46. The number of nitrogens with one attached hydrogen (secondary N) is 1. The highest BCUT2D eigenvalue weighted by atomic mass is 32.2. The number of rotatable bonds is 5. The van der Waals surface area contributed by atoms with E-state index in [-0.39, 0.29) is 17.9 Å². The molecule has 0 aliphatic heterocycles. The van der Waals surface area contributed by atoms with Gasteiger partial charge in [0, 0.05) is 17.0 Å². The molecule has 2 unspecified atom stereocenters. The molecule has 0 saturated carbocycles. The molecule has 0 amide bonds. The van der Waals surface area contributed by atoms with Gasteiger partial charge in [0.25, 0.3) is 0 Å². The molecule has 2 aromatic carbocycles. The molecule has 2 rings (SSSR count). The zero-order valence-electron chi connectivity index (χ0n) is 12.1. The molecule has 20 heavy (non-hydrogen) atoms. The van der Waals surface area contributed by atoms with Crippen molar-refractivity contribution in [2.24, 2.45) is 0 Å². The monoisotopic (exact) mass is 289 g/mol. The van der Waals surface area contributed by atoms with Crippen molar-refractivity contribution in [3.63, 3.8) is 0 Å². The third kappa shape index (κ3) is 3.84. The minimum atomic E-state index is -0.187. The molecule has 0 bridgehead atoms. The SMILES string of the molecule is CSc1ccc(C(C)NC(C)c2cccc(F)c2)cc1. The first kappa shape index (κ1) is 15.1. The van der Waals surface area contributed by atoms with Gasteiger partial charge < -0.3 is 5.32 Å². The van der Waals surface area contributed by atoms with E-state index >= 15 is 0 Å². The second-order valence-corrected chi connectivity index (χ2v) is 5.82. The number of hydrogen-bond donors (Lipinski definition) is 1. The van der Waals surface area contributed by atoms with Crippen LogP contribution in [0, 0.1) is 5.82 Å². The molecular weight excluding hydrogens is 269 g/mol. The molecule has 3 heteroatoms. The highest BCUT2D eigenvalue weighted by molar-refractivity contribution is 7.98. The summed E-state index contributed by atoms with van der Waals surface area (Å²) in [5.74, 6) is -0.187. The molecule has 2 aromatic rings. The fourth-order valence-corrected chi connectivity index (χ4v) is 2.64. The standard InChI is InChI=1S/C17H20FNS/c1-12(14-7-9-17(20-3)10-8-14)19-13(2)15-5-4-6-16(18)11-15/h4-13,19H,1-3H3. The zero-order chi connectivity index (χ0) is 14.5. The van der Waals surface area contributed by atoms with Crippen molar-refractivity contribution in [1.29, 1.82) is 0 Å². The Morgan fingerprint density at radius 3 is 2.20 bits per heavy atom. The molecule has 0 spiro atoms. The Balaban J connectivity index is 2.04. The summed E-state index contributed by atoms with van der Waals surface area (Å²) < 4.78 is 13.2. The van der Waals surface area contributed by atoms with Gasteiger partial charge in [0.05, 0.1) is 0 Å². The van der Waals surface area contributed by atoms with Crippen LogP contribution in [-0.2, 0) is 0 Å². The smallest absolute Gasteiger partial charge is 0.123 e. The minimum Gasteiger partial charge on any atom is -0.304 e. The van der Waals surface area contributed by atoms with Crippen LogP contribution in [0.1, 0.15) is 37.1 Å². The van der Waals surface area contributed by atoms with Crippen molar-refractivity contribution in [1.82, 2.24) is 5.32 Å². The van der Waals surface area contributed by atoms with Gasteiger partial charge in [0.2, 0.25) is 0 Å². The van der Waals surface area contributed by atoms with Crippen LogP contribution in [0.3, 0.4) is 0 Å². The maximum absolute atomic E-state index is 13.2. The Labute approximate surface area is 124 Å². The third-order valence-corrected chi connectivity index (χ3v) is 4.21. The molecule has 0 radical (unpaired) electrons. The highest BCUT2D eigenvalue weighted by Crippen LogP contribution is 2.22. The van der Waals surface area contributed by atoms with E-state index in [1.807, 2.05) is 6.07 Å². The molecule has 0 heterocycles. The van der Waals surface area contributed by atoms with Crippen molar-refractivity contribution in [3.8, 4) is 0 Å². The van der Waals surface area contributed by atoms with Gasteiger partial charge in [-0.3, -0.25) is 0 Å². The van der Waals surface area contributed by atoms with Gasteiger partial charge in [-0.05, 0) is 55.5 Å². The molecule has 1 nitrogen and oxygen atoms in total. The number of hydrogen-bond acceptors (Lipinski definition) is 2. The molecule has 0 fully saturated rings. The van der Waals surface area contributed by atoms with Crippen LogP contribution in [0.15, 0.2) is 53.4 Å². The quantitative estimate of drug-likeness (QED) is 0.781. The van der Waals surface area contributed by atoms with E-state index in [2.05, 4.69) is 49.7 Å².